The normalized spacial score (nSPS) is 12.3. The van der Waals surface area contributed by atoms with E-state index in [0.717, 1.165) is 23.1 Å². The molecular formula is C21H22BrNO2. The van der Waals surface area contributed by atoms with Gasteiger partial charge >= 0.3 is 0 Å². The number of aromatic nitrogens is 1. The van der Waals surface area contributed by atoms with E-state index in [-0.39, 0.29) is 5.92 Å². The standard InChI is InChI=1S/C21H22BrNO2/c1-14(10-11-24)21-15(2)23(13-16-4-6-17(22)7-5-16)20-9-8-18(25-3)12-19(20)21/h4-9,11-12,14H,10,13H2,1-3H3. The van der Waals surface area contributed by atoms with E-state index in [0.29, 0.717) is 6.42 Å². The van der Waals surface area contributed by atoms with Crippen LogP contribution in [0, 0.1) is 6.92 Å². The van der Waals surface area contributed by atoms with Crippen LogP contribution in [0.5, 0.6) is 5.75 Å². The molecule has 0 aliphatic carbocycles. The zero-order chi connectivity index (χ0) is 18.0. The van der Waals surface area contributed by atoms with Crippen LogP contribution in [0.4, 0.5) is 0 Å². The number of halogens is 1. The van der Waals surface area contributed by atoms with Gasteiger partial charge in [-0.2, -0.15) is 0 Å². The molecule has 1 atom stereocenters. The maximum atomic E-state index is 11.1. The highest BCUT2D eigenvalue weighted by atomic mass is 79.9. The predicted molar refractivity (Wildman–Crippen MR) is 106 cm³/mol. The molecule has 0 saturated carbocycles. The third-order valence-electron chi connectivity index (χ3n) is 4.78. The first kappa shape index (κ1) is 17.7. The van der Waals surface area contributed by atoms with Gasteiger partial charge in [-0.25, -0.2) is 0 Å². The monoisotopic (exact) mass is 399 g/mol. The second-order valence-electron chi connectivity index (χ2n) is 6.40. The fraction of sp³-hybridized carbons (Fsp3) is 0.286. The third kappa shape index (κ3) is 3.49. The second kappa shape index (κ2) is 7.44. The van der Waals surface area contributed by atoms with Crippen LogP contribution in [0.2, 0.25) is 0 Å². The van der Waals surface area contributed by atoms with E-state index < -0.39 is 0 Å². The van der Waals surface area contributed by atoms with Crippen molar-refractivity contribution in [1.29, 1.82) is 0 Å². The molecule has 1 heterocycles. The third-order valence-corrected chi connectivity index (χ3v) is 5.30. The van der Waals surface area contributed by atoms with Crippen molar-refractivity contribution in [2.75, 3.05) is 7.11 Å². The quantitative estimate of drug-likeness (QED) is 0.515. The lowest BCUT2D eigenvalue weighted by Crippen LogP contribution is -2.03. The summed E-state index contributed by atoms with van der Waals surface area (Å²) in [5.74, 6) is 1.02. The number of methoxy groups -OCH3 is 1. The number of aldehydes is 1. The average Bonchev–Trinajstić information content (AvgIpc) is 2.88. The zero-order valence-corrected chi connectivity index (χ0v) is 16.3. The maximum Gasteiger partial charge on any atom is 0.120 e. The van der Waals surface area contributed by atoms with Crippen LogP contribution in [-0.4, -0.2) is 18.0 Å². The van der Waals surface area contributed by atoms with E-state index in [4.69, 9.17) is 4.74 Å². The van der Waals surface area contributed by atoms with Crippen molar-refractivity contribution in [3.63, 3.8) is 0 Å². The van der Waals surface area contributed by atoms with Crippen molar-refractivity contribution >= 4 is 33.1 Å². The molecule has 3 aromatic rings. The van der Waals surface area contributed by atoms with Gasteiger partial charge in [-0.15, -0.1) is 0 Å². The molecule has 3 nitrogen and oxygen atoms in total. The highest BCUT2D eigenvalue weighted by molar-refractivity contribution is 9.10. The summed E-state index contributed by atoms with van der Waals surface area (Å²) in [7, 11) is 1.68. The Morgan fingerprint density at radius 1 is 1.20 bits per heavy atom. The summed E-state index contributed by atoms with van der Waals surface area (Å²) in [6.07, 6.45) is 1.53. The Morgan fingerprint density at radius 2 is 1.92 bits per heavy atom. The number of rotatable bonds is 6. The Kier molecular flexibility index (Phi) is 5.28. The Morgan fingerprint density at radius 3 is 2.56 bits per heavy atom. The SMILES string of the molecule is COc1ccc2c(c1)c(C(C)CC=O)c(C)n2Cc1ccc(Br)cc1. The number of hydrogen-bond donors (Lipinski definition) is 0. The van der Waals surface area contributed by atoms with Gasteiger partial charge in [-0.3, -0.25) is 0 Å². The highest BCUT2D eigenvalue weighted by Gasteiger charge is 2.19. The number of hydrogen-bond acceptors (Lipinski definition) is 2. The summed E-state index contributed by atoms with van der Waals surface area (Å²) in [6, 6.07) is 14.6. The lowest BCUT2D eigenvalue weighted by Gasteiger charge is -2.11. The average molecular weight is 400 g/mol. The molecule has 0 saturated heterocycles. The molecule has 0 aliphatic heterocycles. The van der Waals surface area contributed by atoms with Crippen LogP contribution < -0.4 is 4.74 Å². The molecular weight excluding hydrogens is 378 g/mol. The summed E-state index contributed by atoms with van der Waals surface area (Å²) in [4.78, 5) is 11.1. The van der Waals surface area contributed by atoms with Crippen molar-refractivity contribution in [2.24, 2.45) is 0 Å². The molecule has 2 aromatic carbocycles. The van der Waals surface area contributed by atoms with Gasteiger partial charge in [-0.1, -0.05) is 35.0 Å². The Balaban J connectivity index is 2.15. The first-order chi connectivity index (χ1) is 12.0. The lowest BCUT2D eigenvalue weighted by atomic mass is 9.95. The van der Waals surface area contributed by atoms with Gasteiger partial charge in [0.25, 0.3) is 0 Å². The number of carbonyl (C=O) groups excluding carboxylic acids is 1. The van der Waals surface area contributed by atoms with Crippen molar-refractivity contribution < 1.29 is 9.53 Å². The topological polar surface area (TPSA) is 31.2 Å². The molecule has 1 aromatic heterocycles. The van der Waals surface area contributed by atoms with Gasteiger partial charge < -0.3 is 14.1 Å². The van der Waals surface area contributed by atoms with Gasteiger partial charge in [0, 0.05) is 34.0 Å². The lowest BCUT2D eigenvalue weighted by molar-refractivity contribution is -0.108. The number of benzene rings is 2. The van der Waals surface area contributed by atoms with Gasteiger partial charge in [0.2, 0.25) is 0 Å². The van der Waals surface area contributed by atoms with Gasteiger partial charge in [0.1, 0.15) is 12.0 Å². The minimum Gasteiger partial charge on any atom is -0.497 e. The van der Waals surface area contributed by atoms with Gasteiger partial charge in [0.15, 0.2) is 0 Å². The molecule has 0 spiro atoms. The van der Waals surface area contributed by atoms with Gasteiger partial charge in [0.05, 0.1) is 7.11 Å². The molecule has 25 heavy (non-hydrogen) atoms. The van der Waals surface area contributed by atoms with Crippen LogP contribution >= 0.6 is 15.9 Å². The van der Waals surface area contributed by atoms with E-state index in [9.17, 15) is 4.79 Å². The van der Waals surface area contributed by atoms with Crippen molar-refractivity contribution in [2.45, 2.75) is 32.7 Å². The van der Waals surface area contributed by atoms with Crippen molar-refractivity contribution in [3.8, 4) is 5.75 Å². The minimum atomic E-state index is 0.179. The van der Waals surface area contributed by atoms with E-state index in [1.807, 2.05) is 6.07 Å². The molecule has 0 amide bonds. The fourth-order valence-electron chi connectivity index (χ4n) is 3.47. The van der Waals surface area contributed by atoms with Gasteiger partial charge in [-0.05, 0) is 54.3 Å². The largest absolute Gasteiger partial charge is 0.497 e. The first-order valence-corrected chi connectivity index (χ1v) is 9.19. The van der Waals surface area contributed by atoms with Crippen LogP contribution in [-0.2, 0) is 11.3 Å². The molecule has 0 radical (unpaired) electrons. The molecule has 0 aliphatic rings. The summed E-state index contributed by atoms with van der Waals surface area (Å²) in [5, 5.41) is 1.17. The molecule has 0 bridgehead atoms. The minimum absolute atomic E-state index is 0.179. The predicted octanol–water partition coefficient (Wildman–Crippen LogP) is 5.46. The van der Waals surface area contributed by atoms with E-state index in [2.05, 4.69) is 70.7 Å². The van der Waals surface area contributed by atoms with Crippen LogP contribution in [0.15, 0.2) is 46.9 Å². The Labute approximate surface area is 156 Å². The Hall–Kier alpha value is -2.07. The summed E-state index contributed by atoms with van der Waals surface area (Å²) >= 11 is 3.49. The van der Waals surface area contributed by atoms with E-state index >= 15 is 0 Å². The summed E-state index contributed by atoms with van der Waals surface area (Å²) < 4.78 is 8.82. The highest BCUT2D eigenvalue weighted by Crippen LogP contribution is 2.35. The molecule has 1 unspecified atom stereocenters. The molecule has 3 rings (SSSR count). The number of ether oxygens (including phenoxy) is 1. The first-order valence-electron chi connectivity index (χ1n) is 8.40. The number of nitrogens with zero attached hydrogens (tertiary/aromatic N) is 1. The number of carbonyl (C=O) groups is 1. The van der Waals surface area contributed by atoms with Crippen LogP contribution in [0.1, 0.15) is 36.1 Å². The Bertz CT molecular complexity index is 896. The van der Waals surface area contributed by atoms with E-state index in [1.165, 1.54) is 27.7 Å². The molecule has 130 valence electrons. The van der Waals surface area contributed by atoms with Crippen LogP contribution in [0.25, 0.3) is 10.9 Å². The maximum absolute atomic E-state index is 11.1. The van der Waals surface area contributed by atoms with Crippen LogP contribution in [0.3, 0.4) is 0 Å². The van der Waals surface area contributed by atoms with E-state index in [1.54, 1.807) is 7.11 Å². The smallest absolute Gasteiger partial charge is 0.120 e. The summed E-state index contributed by atoms with van der Waals surface area (Å²) in [5.41, 5.74) is 4.86. The zero-order valence-electron chi connectivity index (χ0n) is 14.8. The molecule has 4 heteroatoms. The van der Waals surface area contributed by atoms with Crippen molar-refractivity contribution in [3.05, 3.63) is 63.8 Å². The molecule has 0 N–H and O–H groups in total. The second-order valence-corrected chi connectivity index (χ2v) is 7.31. The molecule has 0 fully saturated rings. The fourth-order valence-corrected chi connectivity index (χ4v) is 3.74. The summed E-state index contributed by atoms with van der Waals surface area (Å²) in [6.45, 7) is 5.05. The van der Waals surface area contributed by atoms with Crippen molar-refractivity contribution in [1.82, 2.24) is 4.57 Å². The number of fused-ring (bicyclic) bond motifs is 1.